The average molecular weight is 218 g/mol. The predicted octanol–water partition coefficient (Wildman–Crippen LogP) is 4.70. The molecule has 0 aromatic rings. The molecular formula is C15H27B. The van der Waals surface area contributed by atoms with Gasteiger partial charge in [0.25, 0.3) is 0 Å². The molecule has 0 aromatic carbocycles. The molecule has 0 saturated carbocycles. The van der Waals surface area contributed by atoms with Crippen LogP contribution in [-0.4, -0.2) is 7.28 Å². The third-order valence-electron chi connectivity index (χ3n) is 2.73. The van der Waals surface area contributed by atoms with Crippen LogP contribution in [0.2, 0.25) is 5.31 Å². The van der Waals surface area contributed by atoms with Crippen LogP contribution in [-0.2, 0) is 0 Å². The van der Waals surface area contributed by atoms with E-state index in [2.05, 4.69) is 67.2 Å². The Balaban J connectivity index is 4.80. The topological polar surface area (TPSA) is 0 Å². The van der Waals surface area contributed by atoms with Crippen molar-refractivity contribution >= 4 is 7.28 Å². The Morgan fingerprint density at radius 1 is 1.00 bits per heavy atom. The first-order valence-corrected chi connectivity index (χ1v) is 6.06. The molecule has 0 heterocycles. The fraction of sp³-hybridized carbons (Fsp3) is 0.600. The molecule has 0 rings (SSSR count). The van der Waals surface area contributed by atoms with Crippen LogP contribution in [0.5, 0.6) is 0 Å². The highest BCUT2D eigenvalue weighted by Gasteiger charge is 2.14. The van der Waals surface area contributed by atoms with Gasteiger partial charge in [0, 0.05) is 0 Å². The van der Waals surface area contributed by atoms with E-state index in [9.17, 15) is 0 Å². The van der Waals surface area contributed by atoms with E-state index in [1.54, 1.807) is 0 Å². The van der Waals surface area contributed by atoms with Crippen molar-refractivity contribution in [1.29, 1.82) is 0 Å². The third-order valence-corrected chi connectivity index (χ3v) is 2.73. The Labute approximate surface area is 103 Å². The lowest BCUT2D eigenvalue weighted by atomic mass is 9.50. The van der Waals surface area contributed by atoms with E-state index in [1.165, 1.54) is 11.0 Å². The van der Waals surface area contributed by atoms with Crippen LogP contribution in [0.1, 0.15) is 48.5 Å². The van der Waals surface area contributed by atoms with Gasteiger partial charge in [-0.2, -0.15) is 0 Å². The summed E-state index contributed by atoms with van der Waals surface area (Å²) < 4.78 is 0. The summed E-state index contributed by atoms with van der Waals surface area (Å²) in [6.45, 7) is 19.6. The van der Waals surface area contributed by atoms with Crippen LogP contribution in [0.3, 0.4) is 0 Å². The van der Waals surface area contributed by atoms with Crippen molar-refractivity contribution in [3.8, 4) is 0 Å². The molecule has 90 valence electrons. The molecule has 1 heteroatoms. The van der Waals surface area contributed by atoms with Gasteiger partial charge in [-0.05, 0) is 12.3 Å². The van der Waals surface area contributed by atoms with Crippen molar-refractivity contribution in [2.45, 2.75) is 53.8 Å². The summed E-state index contributed by atoms with van der Waals surface area (Å²) in [5.41, 5.74) is 2.97. The molecule has 0 aromatic heterocycles. The first kappa shape index (κ1) is 15.3. The Bertz CT molecular complexity index is 292. The van der Waals surface area contributed by atoms with E-state index in [4.69, 9.17) is 0 Å². The van der Waals surface area contributed by atoms with Gasteiger partial charge >= 0.3 is 0 Å². The van der Waals surface area contributed by atoms with Gasteiger partial charge in [-0.25, -0.2) is 0 Å². The third kappa shape index (κ3) is 6.71. The molecule has 0 aliphatic rings. The monoisotopic (exact) mass is 218 g/mol. The maximum Gasteiger partial charge on any atom is 0.163 e. The summed E-state index contributed by atoms with van der Waals surface area (Å²) in [7, 11) is 1.07. The second-order valence-electron chi connectivity index (χ2n) is 6.78. The largest absolute Gasteiger partial charge is 0.163 e. The molecular weight excluding hydrogens is 191 g/mol. The number of rotatable bonds is 3. The van der Waals surface area contributed by atoms with Gasteiger partial charge in [-0.1, -0.05) is 82.7 Å². The van der Waals surface area contributed by atoms with Crippen molar-refractivity contribution in [2.24, 2.45) is 5.41 Å². The zero-order chi connectivity index (χ0) is 13.0. The van der Waals surface area contributed by atoms with Gasteiger partial charge < -0.3 is 0 Å². The van der Waals surface area contributed by atoms with Crippen molar-refractivity contribution in [3.05, 3.63) is 35.9 Å². The van der Waals surface area contributed by atoms with Crippen molar-refractivity contribution in [1.82, 2.24) is 0 Å². The minimum Gasteiger partial charge on any atom is -0.0996 e. The molecule has 0 N–H and O–H groups in total. The molecule has 0 atom stereocenters. The van der Waals surface area contributed by atoms with Gasteiger partial charge in [0.1, 0.15) is 0 Å². The Morgan fingerprint density at radius 2 is 1.50 bits per heavy atom. The Hall–Kier alpha value is -0.715. The minimum atomic E-state index is 0.254. The second kappa shape index (κ2) is 5.56. The van der Waals surface area contributed by atoms with E-state index in [-0.39, 0.29) is 5.41 Å². The maximum absolute atomic E-state index is 3.89. The fourth-order valence-corrected chi connectivity index (χ4v) is 1.29. The van der Waals surface area contributed by atoms with Crippen LogP contribution in [0.15, 0.2) is 35.9 Å². The Kier molecular flexibility index (Phi) is 5.32. The summed E-state index contributed by atoms with van der Waals surface area (Å²) in [5, 5.41) is 0.323. The van der Waals surface area contributed by atoms with Crippen molar-refractivity contribution in [2.75, 3.05) is 0 Å². The predicted molar refractivity (Wildman–Crippen MR) is 78.4 cm³/mol. The van der Waals surface area contributed by atoms with E-state index < -0.39 is 0 Å². The number of hydrogen-bond donors (Lipinski definition) is 0. The minimum absolute atomic E-state index is 0.254. The quantitative estimate of drug-likeness (QED) is 0.475. The van der Waals surface area contributed by atoms with Crippen LogP contribution >= 0.6 is 0 Å². The smallest absolute Gasteiger partial charge is 0.0996 e. The standard InChI is InChI=1S/C15H27B/c1-9-13(16-15(6,7)8)11-10-12(2)14(3,4)5/h9-11,16H,1H2,2-8H3/b12-10+,13-11+. The zero-order valence-electron chi connectivity index (χ0n) is 12.1. The maximum atomic E-state index is 3.89. The van der Waals surface area contributed by atoms with Crippen LogP contribution < -0.4 is 0 Å². The molecule has 0 spiro atoms. The average Bonchev–Trinajstić information content (AvgIpc) is 2.08. The summed E-state index contributed by atoms with van der Waals surface area (Å²) in [5.74, 6) is 0. The van der Waals surface area contributed by atoms with Crippen molar-refractivity contribution < 1.29 is 0 Å². The normalized spacial score (nSPS) is 14.9. The molecule has 0 radical (unpaired) electrons. The first-order valence-electron chi connectivity index (χ1n) is 6.06. The van der Waals surface area contributed by atoms with Gasteiger partial charge in [0.2, 0.25) is 0 Å². The Morgan fingerprint density at radius 3 is 1.81 bits per heavy atom. The van der Waals surface area contributed by atoms with Gasteiger partial charge in [-0.3, -0.25) is 0 Å². The van der Waals surface area contributed by atoms with E-state index in [1.807, 2.05) is 6.08 Å². The summed E-state index contributed by atoms with van der Waals surface area (Å²) in [6, 6.07) is 0. The number of allylic oxidation sites excluding steroid dienone is 5. The highest BCUT2D eigenvalue weighted by molar-refractivity contribution is 6.49. The van der Waals surface area contributed by atoms with Gasteiger partial charge in [-0.15, -0.1) is 0 Å². The molecule has 0 nitrogen and oxygen atoms in total. The highest BCUT2D eigenvalue weighted by Crippen LogP contribution is 2.26. The molecule has 0 aliphatic heterocycles. The van der Waals surface area contributed by atoms with Crippen LogP contribution in [0.25, 0.3) is 0 Å². The lowest BCUT2D eigenvalue weighted by molar-refractivity contribution is 0.504. The molecule has 0 saturated heterocycles. The van der Waals surface area contributed by atoms with Crippen molar-refractivity contribution in [3.63, 3.8) is 0 Å². The van der Waals surface area contributed by atoms with Crippen LogP contribution in [0, 0.1) is 5.41 Å². The lowest BCUT2D eigenvalue weighted by Crippen LogP contribution is -2.10. The zero-order valence-corrected chi connectivity index (χ0v) is 12.1. The molecule has 0 bridgehead atoms. The summed E-state index contributed by atoms with van der Waals surface area (Å²) in [4.78, 5) is 0. The first-order chi connectivity index (χ1) is 7.06. The lowest BCUT2D eigenvalue weighted by Gasteiger charge is -2.19. The second-order valence-corrected chi connectivity index (χ2v) is 6.78. The van der Waals surface area contributed by atoms with Gasteiger partial charge in [0.15, 0.2) is 7.28 Å². The highest BCUT2D eigenvalue weighted by atomic mass is 14.2. The van der Waals surface area contributed by atoms with Gasteiger partial charge in [0.05, 0.1) is 0 Å². The summed E-state index contributed by atoms with van der Waals surface area (Å²) >= 11 is 0. The van der Waals surface area contributed by atoms with E-state index in [0.717, 1.165) is 7.28 Å². The SMILES string of the molecule is C=C/C(BC(C)(C)C)=C\C=C(/C)C(C)(C)C. The molecule has 0 unspecified atom stereocenters. The fourth-order valence-electron chi connectivity index (χ4n) is 1.29. The van der Waals surface area contributed by atoms with E-state index >= 15 is 0 Å². The number of hydrogen-bond acceptors (Lipinski definition) is 0. The molecule has 16 heavy (non-hydrogen) atoms. The van der Waals surface area contributed by atoms with E-state index in [0.29, 0.717) is 5.31 Å². The summed E-state index contributed by atoms with van der Waals surface area (Å²) in [6.07, 6.45) is 6.40. The van der Waals surface area contributed by atoms with Crippen LogP contribution in [0.4, 0.5) is 0 Å². The molecule has 0 amide bonds. The molecule has 0 aliphatic carbocycles. The molecule has 0 fully saturated rings.